The molecular weight excluding hydrogens is 1530 g/mol. The van der Waals surface area contributed by atoms with E-state index >= 15 is 13.2 Å². The molecule has 0 N–H and O–H groups in total. The van der Waals surface area contributed by atoms with Crippen LogP contribution in [0, 0.1) is 48.5 Å². The van der Waals surface area contributed by atoms with E-state index in [9.17, 15) is 0 Å². The van der Waals surface area contributed by atoms with Crippen molar-refractivity contribution in [3.05, 3.63) is 333 Å². The van der Waals surface area contributed by atoms with Gasteiger partial charge in [0.15, 0.2) is 0 Å². The minimum atomic E-state index is -4.67. The van der Waals surface area contributed by atoms with Crippen molar-refractivity contribution in [1.29, 1.82) is 0 Å². The molecule has 0 unspecified atom stereocenters. The molecule has 0 bridgehead atoms. The summed E-state index contributed by atoms with van der Waals surface area (Å²) in [5, 5.41) is 2.94. The molecule has 2 heterocycles. The van der Waals surface area contributed by atoms with Crippen LogP contribution in [0.5, 0.6) is 0 Å². The third-order valence-electron chi connectivity index (χ3n) is 18.8. The van der Waals surface area contributed by atoms with Crippen LogP contribution < -0.4 is 0 Å². The van der Waals surface area contributed by atoms with Gasteiger partial charge in [0.1, 0.15) is 20.2 Å². The summed E-state index contributed by atoms with van der Waals surface area (Å²) in [6.45, 7) is 14.4. The molecule has 0 aliphatic carbocycles. The normalized spacial score (nSPS) is 14.7. The number of hydrogen-bond acceptors (Lipinski definition) is 8. The smallest absolute Gasteiger partial charge is 0.238 e. The van der Waals surface area contributed by atoms with Gasteiger partial charge in [-0.15, -0.1) is 47.0 Å². The topological polar surface area (TPSA) is 49.4 Å². The van der Waals surface area contributed by atoms with E-state index < -0.39 is 11.7 Å². The van der Waals surface area contributed by atoms with E-state index in [2.05, 4.69) is 267 Å². The van der Waals surface area contributed by atoms with Gasteiger partial charge >= 0.3 is 6.18 Å². The van der Waals surface area contributed by atoms with Crippen LogP contribution in [0.25, 0.3) is 100 Å². The summed E-state index contributed by atoms with van der Waals surface area (Å²) >= 11 is 14.1. The zero-order chi connectivity index (χ0) is 74.3. The standard InChI is InChI=1S/C51H41F3N2S2.C43H34Br2N2S2/c1-32-10-18-37(19-11-32)42-30-45(40-24-16-35(4)17-25-40)48(46(31-42)51(52,53)54)56-50-49(57-26-27-58-50)55-47-43(38-20-12-33(2)13-21-38)28-41(36-8-6-5-7-9-36)29-44(47)39-22-14-34(3)15-23-39;1-27-9-15-31(16-10-27)36-23-34(30-7-5-4-6-8-30)24-37(32-17-11-28(2)12-18-32)40(36)46-42-43(49-22-21-48-42)47-41-38(25-35(44)26-39(41)45)33-19-13-29(3)14-20-33/h5-25,28-31H,26-27H2,1-4H3;4-20,23-26H,21-22H2,1-3H3. The Morgan fingerprint density at radius 2 is 0.486 bits per heavy atom. The maximum atomic E-state index is 15.4. The zero-order valence-electron chi connectivity index (χ0n) is 60.2. The molecule has 0 amide bonds. The van der Waals surface area contributed by atoms with Crippen molar-refractivity contribution in [1.82, 2.24) is 0 Å². The summed E-state index contributed by atoms with van der Waals surface area (Å²) in [7, 11) is 0. The van der Waals surface area contributed by atoms with Crippen molar-refractivity contribution in [3.63, 3.8) is 0 Å². The molecule has 2 fully saturated rings. The van der Waals surface area contributed by atoms with E-state index in [1.54, 1.807) is 23.5 Å². The summed E-state index contributed by atoms with van der Waals surface area (Å²) in [5.41, 5.74) is 27.0. The number of rotatable bonds is 13. The number of aliphatic imine (C=N–C) groups is 4. The number of benzene rings is 13. The maximum Gasteiger partial charge on any atom is 0.418 e. The van der Waals surface area contributed by atoms with Crippen molar-refractivity contribution >= 4 is 122 Å². The molecule has 107 heavy (non-hydrogen) atoms. The molecule has 0 spiro atoms. The highest BCUT2D eigenvalue weighted by molar-refractivity contribution is 9.11. The second-order valence-electron chi connectivity index (χ2n) is 26.9. The van der Waals surface area contributed by atoms with Gasteiger partial charge in [-0.1, -0.05) is 285 Å². The molecule has 13 heteroatoms. The van der Waals surface area contributed by atoms with Gasteiger partial charge in [0, 0.05) is 65.3 Å². The number of alkyl halides is 3. The van der Waals surface area contributed by atoms with Gasteiger partial charge in [-0.25, -0.2) is 20.0 Å². The second-order valence-corrected chi connectivity index (χ2v) is 33.0. The Balaban J connectivity index is 0.000000182. The first kappa shape index (κ1) is 74.5. The van der Waals surface area contributed by atoms with Crippen LogP contribution in [0.4, 0.5) is 35.9 Å². The average Bonchev–Trinajstić information content (AvgIpc) is 0.767. The van der Waals surface area contributed by atoms with Crippen molar-refractivity contribution in [2.24, 2.45) is 20.0 Å². The van der Waals surface area contributed by atoms with E-state index in [1.807, 2.05) is 86.6 Å². The quantitative estimate of drug-likeness (QED) is 0.115. The average molecular weight is 1610 g/mol. The van der Waals surface area contributed by atoms with Gasteiger partial charge in [0.25, 0.3) is 0 Å². The Morgan fingerprint density at radius 1 is 0.252 bits per heavy atom. The molecule has 15 rings (SSSR count). The summed E-state index contributed by atoms with van der Waals surface area (Å²) in [6, 6.07) is 95.4. The Hall–Kier alpha value is -9.31. The molecule has 2 saturated heterocycles. The molecule has 13 aromatic rings. The van der Waals surface area contributed by atoms with Crippen LogP contribution in [-0.4, -0.2) is 43.2 Å². The molecule has 530 valence electrons. The SMILES string of the molecule is Cc1ccc(-c2cc(-c3ccc(C)cc3)c(N=C3SCCSC3=Nc3c(-c4ccc(C)cc4)cc(-c4ccccc4)cc3-c3ccc(C)cc3)c(C(F)(F)F)c2)cc1.Cc1ccc(-c2cc(Br)cc(Br)c2N=C2SCCSC2=Nc2c(-c3ccc(C)cc3)cc(-c3ccccc3)cc2-c2ccc(C)cc2)cc1. The fourth-order valence-corrected chi connectivity index (χ4v) is 18.3. The van der Waals surface area contributed by atoms with Crippen LogP contribution in [0.1, 0.15) is 44.5 Å². The van der Waals surface area contributed by atoms with Crippen molar-refractivity contribution < 1.29 is 13.2 Å². The first-order valence-corrected chi connectivity index (χ1v) is 40.9. The minimum absolute atomic E-state index is 0.109. The Morgan fingerprint density at radius 3 is 0.776 bits per heavy atom. The van der Waals surface area contributed by atoms with Gasteiger partial charge in [0.2, 0.25) is 0 Å². The Kier molecular flexibility index (Phi) is 23.3. The lowest BCUT2D eigenvalue weighted by Crippen LogP contribution is -2.15. The number of thioether (sulfide) groups is 4. The predicted molar refractivity (Wildman–Crippen MR) is 466 cm³/mol. The fraction of sp³-hybridized carbons (Fsp3) is 0.128. The molecule has 13 aromatic carbocycles. The highest BCUT2D eigenvalue weighted by Gasteiger charge is 2.37. The first-order valence-electron chi connectivity index (χ1n) is 35.4. The second kappa shape index (κ2) is 33.4. The van der Waals surface area contributed by atoms with E-state index in [4.69, 9.17) is 20.0 Å². The summed E-state index contributed by atoms with van der Waals surface area (Å²) in [4.78, 5) is 21.4. The van der Waals surface area contributed by atoms with E-state index in [0.29, 0.717) is 38.1 Å². The highest BCUT2D eigenvalue weighted by Crippen LogP contribution is 2.50. The molecule has 4 nitrogen and oxygen atoms in total. The van der Waals surface area contributed by atoms with Gasteiger partial charge < -0.3 is 0 Å². The molecule has 2 aliphatic rings. The van der Waals surface area contributed by atoms with E-state index in [1.165, 1.54) is 51.8 Å². The summed E-state index contributed by atoms with van der Waals surface area (Å²) in [6.07, 6.45) is -4.67. The lowest BCUT2D eigenvalue weighted by Gasteiger charge is -2.21. The van der Waals surface area contributed by atoms with Gasteiger partial charge in [-0.05, 0) is 180 Å². The predicted octanol–water partition coefficient (Wildman–Crippen LogP) is 29.6. The van der Waals surface area contributed by atoms with Crippen LogP contribution in [-0.2, 0) is 6.18 Å². The van der Waals surface area contributed by atoms with Gasteiger partial charge in [-0.2, -0.15) is 13.2 Å². The van der Waals surface area contributed by atoms with Crippen LogP contribution in [0.2, 0.25) is 0 Å². The Labute approximate surface area is 659 Å². The maximum absolute atomic E-state index is 15.4. The van der Waals surface area contributed by atoms with Crippen LogP contribution >= 0.6 is 78.9 Å². The molecule has 0 radical (unpaired) electrons. The number of nitrogens with zero attached hydrogens (tertiary/aromatic N) is 4. The fourth-order valence-electron chi connectivity index (χ4n) is 12.9. The van der Waals surface area contributed by atoms with Gasteiger partial charge in [-0.3, -0.25) is 0 Å². The van der Waals surface area contributed by atoms with Crippen LogP contribution in [0.15, 0.2) is 308 Å². The molecule has 0 atom stereocenters. The van der Waals surface area contributed by atoms with Crippen molar-refractivity contribution in [2.45, 2.75) is 54.6 Å². The highest BCUT2D eigenvalue weighted by atomic mass is 79.9. The molecule has 0 aromatic heterocycles. The largest absolute Gasteiger partial charge is 0.418 e. The van der Waals surface area contributed by atoms with Crippen molar-refractivity contribution in [2.75, 3.05) is 23.0 Å². The first-order chi connectivity index (χ1) is 51.8. The number of halogens is 5. The lowest BCUT2D eigenvalue weighted by atomic mass is 9.90. The van der Waals surface area contributed by atoms with E-state index in [-0.39, 0.29) is 5.69 Å². The Bertz CT molecular complexity index is 5400. The summed E-state index contributed by atoms with van der Waals surface area (Å²) < 4.78 is 48.1. The minimum Gasteiger partial charge on any atom is -0.238 e. The van der Waals surface area contributed by atoms with Crippen LogP contribution in [0.3, 0.4) is 0 Å². The molecule has 0 saturated carbocycles. The van der Waals surface area contributed by atoms with Gasteiger partial charge in [0.05, 0.1) is 28.3 Å². The third kappa shape index (κ3) is 17.8. The molecule has 2 aliphatic heterocycles. The molecular formula is C94H75Br2F3N4S4. The number of hydrogen-bond donors (Lipinski definition) is 0. The third-order valence-corrected chi connectivity index (χ3v) is 24.5. The summed E-state index contributed by atoms with van der Waals surface area (Å²) in [5.74, 6) is 3.37. The zero-order valence-corrected chi connectivity index (χ0v) is 66.6. The van der Waals surface area contributed by atoms with Crippen molar-refractivity contribution in [3.8, 4) is 100 Å². The lowest BCUT2D eigenvalue weighted by molar-refractivity contribution is -0.137. The monoisotopic (exact) mass is 1600 g/mol. The number of aryl methyl sites for hydroxylation is 7. The van der Waals surface area contributed by atoms with E-state index in [0.717, 1.165) is 148 Å².